The molecule has 0 saturated heterocycles. The standard InChI is InChI=1S/C12H15NO3/c14-12(15)10-5-1-2-6-11(10)16-9-4-3-7-13-8-9/h3-4,7-8,10-11H,1-2,5-6H2,(H,14,15). The van der Waals surface area contributed by atoms with Gasteiger partial charge in [0.25, 0.3) is 0 Å². The summed E-state index contributed by atoms with van der Waals surface area (Å²) in [4.78, 5) is 15.0. The first-order valence-corrected chi connectivity index (χ1v) is 5.57. The van der Waals surface area contributed by atoms with Gasteiger partial charge in [0.15, 0.2) is 0 Å². The number of aromatic nitrogens is 1. The van der Waals surface area contributed by atoms with Crippen LogP contribution in [-0.4, -0.2) is 22.2 Å². The fourth-order valence-corrected chi connectivity index (χ4v) is 2.11. The highest BCUT2D eigenvalue weighted by Gasteiger charge is 2.32. The van der Waals surface area contributed by atoms with E-state index in [1.807, 2.05) is 0 Å². The molecule has 1 saturated carbocycles. The van der Waals surface area contributed by atoms with E-state index in [0.717, 1.165) is 19.3 Å². The van der Waals surface area contributed by atoms with Crippen LogP contribution in [0, 0.1) is 5.92 Å². The van der Waals surface area contributed by atoms with Crippen molar-refractivity contribution in [3.05, 3.63) is 24.5 Å². The number of aliphatic carboxylic acids is 1. The summed E-state index contributed by atoms with van der Waals surface area (Å²) in [5.74, 6) is -0.483. The van der Waals surface area contributed by atoms with Gasteiger partial charge in [-0.15, -0.1) is 0 Å². The predicted octanol–water partition coefficient (Wildman–Crippen LogP) is 2.10. The minimum Gasteiger partial charge on any atom is -0.488 e. The molecule has 2 atom stereocenters. The van der Waals surface area contributed by atoms with Crippen molar-refractivity contribution in [3.8, 4) is 5.75 Å². The number of ether oxygens (including phenoxy) is 1. The lowest BCUT2D eigenvalue weighted by atomic mass is 9.86. The molecule has 0 radical (unpaired) electrons. The Hall–Kier alpha value is -1.58. The maximum Gasteiger partial charge on any atom is 0.310 e. The van der Waals surface area contributed by atoms with E-state index in [1.54, 1.807) is 24.5 Å². The fraction of sp³-hybridized carbons (Fsp3) is 0.500. The SMILES string of the molecule is O=C(O)C1CCCCC1Oc1cccnc1. The first-order chi connectivity index (χ1) is 7.77. The van der Waals surface area contributed by atoms with Gasteiger partial charge in [-0.25, -0.2) is 0 Å². The average molecular weight is 221 g/mol. The van der Waals surface area contributed by atoms with Crippen LogP contribution < -0.4 is 4.74 Å². The summed E-state index contributed by atoms with van der Waals surface area (Å²) in [5, 5.41) is 9.09. The van der Waals surface area contributed by atoms with Gasteiger partial charge in [0.05, 0.1) is 12.1 Å². The van der Waals surface area contributed by atoms with Crippen molar-refractivity contribution in [2.45, 2.75) is 31.8 Å². The number of carboxylic acids is 1. The number of hydrogen-bond acceptors (Lipinski definition) is 3. The molecule has 0 bridgehead atoms. The Kier molecular flexibility index (Phi) is 3.39. The van der Waals surface area contributed by atoms with Crippen molar-refractivity contribution in [3.63, 3.8) is 0 Å². The lowest BCUT2D eigenvalue weighted by Crippen LogP contribution is -2.35. The zero-order valence-corrected chi connectivity index (χ0v) is 9.00. The second-order valence-corrected chi connectivity index (χ2v) is 4.07. The molecule has 2 rings (SSSR count). The van der Waals surface area contributed by atoms with Crippen LogP contribution in [0.2, 0.25) is 0 Å². The first kappa shape index (κ1) is 10.9. The third-order valence-electron chi connectivity index (χ3n) is 2.94. The van der Waals surface area contributed by atoms with Gasteiger partial charge in [0.1, 0.15) is 11.9 Å². The molecule has 4 heteroatoms. The lowest BCUT2D eigenvalue weighted by Gasteiger charge is -2.28. The molecule has 0 aromatic carbocycles. The summed E-state index contributed by atoms with van der Waals surface area (Å²) >= 11 is 0. The molecular weight excluding hydrogens is 206 g/mol. The van der Waals surface area contributed by atoms with Gasteiger partial charge in [-0.2, -0.15) is 0 Å². The van der Waals surface area contributed by atoms with Crippen molar-refractivity contribution in [1.29, 1.82) is 0 Å². The molecular formula is C12H15NO3. The Morgan fingerprint density at radius 1 is 1.44 bits per heavy atom. The summed E-state index contributed by atoms with van der Waals surface area (Å²) in [6, 6.07) is 3.59. The second-order valence-electron chi connectivity index (χ2n) is 4.07. The van der Waals surface area contributed by atoms with Crippen LogP contribution in [-0.2, 0) is 4.79 Å². The number of pyridine rings is 1. The summed E-state index contributed by atoms with van der Waals surface area (Å²) in [5.41, 5.74) is 0. The topological polar surface area (TPSA) is 59.4 Å². The predicted molar refractivity (Wildman–Crippen MR) is 58.2 cm³/mol. The van der Waals surface area contributed by atoms with E-state index in [1.165, 1.54) is 0 Å². The molecule has 86 valence electrons. The van der Waals surface area contributed by atoms with Gasteiger partial charge in [0, 0.05) is 6.20 Å². The van der Waals surface area contributed by atoms with Crippen LogP contribution in [0.15, 0.2) is 24.5 Å². The molecule has 0 spiro atoms. The Morgan fingerprint density at radius 2 is 2.25 bits per heavy atom. The summed E-state index contributed by atoms with van der Waals surface area (Å²) in [7, 11) is 0. The third kappa shape index (κ3) is 2.51. The first-order valence-electron chi connectivity index (χ1n) is 5.57. The number of carboxylic acid groups (broad SMARTS) is 1. The monoisotopic (exact) mass is 221 g/mol. The smallest absolute Gasteiger partial charge is 0.310 e. The lowest BCUT2D eigenvalue weighted by molar-refractivity contribution is -0.146. The van der Waals surface area contributed by atoms with Crippen LogP contribution in [0.25, 0.3) is 0 Å². The Labute approximate surface area is 94.3 Å². The summed E-state index contributed by atoms with van der Waals surface area (Å²) in [6.45, 7) is 0. The average Bonchev–Trinajstić information content (AvgIpc) is 2.31. The molecule has 4 nitrogen and oxygen atoms in total. The maximum absolute atomic E-state index is 11.1. The molecule has 1 aliphatic rings. The van der Waals surface area contributed by atoms with Gasteiger partial charge in [-0.05, 0) is 31.4 Å². The molecule has 1 aliphatic carbocycles. The molecule has 1 aromatic rings. The maximum atomic E-state index is 11.1. The molecule has 1 heterocycles. The van der Waals surface area contributed by atoms with Crippen LogP contribution in [0.4, 0.5) is 0 Å². The van der Waals surface area contributed by atoms with E-state index in [0.29, 0.717) is 12.2 Å². The minimum absolute atomic E-state index is 0.213. The van der Waals surface area contributed by atoms with E-state index in [-0.39, 0.29) is 12.0 Å². The van der Waals surface area contributed by atoms with Crippen molar-refractivity contribution < 1.29 is 14.6 Å². The molecule has 2 unspecified atom stereocenters. The van der Waals surface area contributed by atoms with Gasteiger partial charge in [-0.1, -0.05) is 6.42 Å². The van der Waals surface area contributed by atoms with Crippen LogP contribution in [0.1, 0.15) is 25.7 Å². The minimum atomic E-state index is -0.756. The second kappa shape index (κ2) is 4.96. The van der Waals surface area contributed by atoms with Gasteiger partial charge in [-0.3, -0.25) is 9.78 Å². The zero-order valence-electron chi connectivity index (χ0n) is 9.00. The van der Waals surface area contributed by atoms with Crippen molar-refractivity contribution in [2.24, 2.45) is 5.92 Å². The van der Waals surface area contributed by atoms with Gasteiger partial charge >= 0.3 is 5.97 Å². The molecule has 0 amide bonds. The number of carbonyl (C=O) groups is 1. The van der Waals surface area contributed by atoms with Crippen LogP contribution in [0.3, 0.4) is 0 Å². The Morgan fingerprint density at radius 3 is 2.94 bits per heavy atom. The number of nitrogens with zero attached hydrogens (tertiary/aromatic N) is 1. The fourth-order valence-electron chi connectivity index (χ4n) is 2.11. The molecule has 1 aromatic heterocycles. The Balaban J connectivity index is 2.04. The zero-order chi connectivity index (χ0) is 11.4. The Bertz CT molecular complexity index is 353. The van der Waals surface area contributed by atoms with E-state index < -0.39 is 5.97 Å². The van der Waals surface area contributed by atoms with Crippen molar-refractivity contribution in [1.82, 2.24) is 4.98 Å². The van der Waals surface area contributed by atoms with Crippen molar-refractivity contribution in [2.75, 3.05) is 0 Å². The normalized spacial score (nSPS) is 25.0. The van der Waals surface area contributed by atoms with E-state index in [9.17, 15) is 4.79 Å². The van der Waals surface area contributed by atoms with Gasteiger partial charge in [0.2, 0.25) is 0 Å². The van der Waals surface area contributed by atoms with E-state index in [4.69, 9.17) is 9.84 Å². The highest BCUT2D eigenvalue weighted by Crippen LogP contribution is 2.28. The number of rotatable bonds is 3. The molecule has 1 fully saturated rings. The van der Waals surface area contributed by atoms with Crippen LogP contribution in [0.5, 0.6) is 5.75 Å². The van der Waals surface area contributed by atoms with E-state index >= 15 is 0 Å². The largest absolute Gasteiger partial charge is 0.488 e. The summed E-state index contributed by atoms with van der Waals surface area (Å²) in [6.07, 6.45) is 6.61. The number of hydrogen-bond donors (Lipinski definition) is 1. The molecule has 1 N–H and O–H groups in total. The highest BCUT2D eigenvalue weighted by atomic mass is 16.5. The highest BCUT2D eigenvalue weighted by molar-refractivity contribution is 5.70. The quantitative estimate of drug-likeness (QED) is 0.849. The van der Waals surface area contributed by atoms with E-state index in [2.05, 4.69) is 4.98 Å². The third-order valence-corrected chi connectivity index (χ3v) is 2.94. The van der Waals surface area contributed by atoms with Crippen molar-refractivity contribution >= 4 is 5.97 Å². The van der Waals surface area contributed by atoms with Gasteiger partial charge < -0.3 is 9.84 Å². The van der Waals surface area contributed by atoms with Crippen LogP contribution >= 0.6 is 0 Å². The molecule has 0 aliphatic heterocycles. The molecule has 16 heavy (non-hydrogen) atoms. The summed E-state index contributed by atoms with van der Waals surface area (Å²) < 4.78 is 5.69.